The fourth-order valence-corrected chi connectivity index (χ4v) is 3.03. The minimum atomic E-state index is -0.409. The molecule has 0 unspecified atom stereocenters. The summed E-state index contributed by atoms with van der Waals surface area (Å²) in [5.41, 5.74) is 0.862. The number of hydrogen-bond donors (Lipinski definition) is 2. The van der Waals surface area contributed by atoms with E-state index >= 15 is 0 Å². The predicted molar refractivity (Wildman–Crippen MR) is 83.7 cm³/mol. The SMILES string of the molecule is C[C@H](NCc1cc(=O)oc2cc(O)ccc12)c1cccs1. The Labute approximate surface area is 125 Å². The maximum Gasteiger partial charge on any atom is 0.336 e. The summed E-state index contributed by atoms with van der Waals surface area (Å²) >= 11 is 1.70. The van der Waals surface area contributed by atoms with Crippen molar-refractivity contribution in [2.24, 2.45) is 0 Å². The molecule has 0 saturated carbocycles. The Morgan fingerprint density at radius 1 is 1.33 bits per heavy atom. The van der Waals surface area contributed by atoms with Gasteiger partial charge in [0.1, 0.15) is 11.3 Å². The van der Waals surface area contributed by atoms with Crippen LogP contribution in [0.3, 0.4) is 0 Å². The summed E-state index contributed by atoms with van der Waals surface area (Å²) in [6.45, 7) is 2.65. The molecule has 3 aromatic rings. The number of nitrogens with one attached hydrogen (secondary N) is 1. The summed E-state index contributed by atoms with van der Waals surface area (Å²) in [5, 5.41) is 15.8. The van der Waals surface area contributed by atoms with E-state index in [-0.39, 0.29) is 11.8 Å². The van der Waals surface area contributed by atoms with E-state index in [0.29, 0.717) is 12.1 Å². The number of phenols is 1. The van der Waals surface area contributed by atoms with Crippen LogP contribution >= 0.6 is 11.3 Å². The quantitative estimate of drug-likeness (QED) is 0.725. The van der Waals surface area contributed by atoms with E-state index in [4.69, 9.17) is 4.42 Å². The van der Waals surface area contributed by atoms with Gasteiger partial charge in [-0.2, -0.15) is 0 Å². The molecule has 3 rings (SSSR count). The Balaban J connectivity index is 1.88. The molecule has 2 N–H and O–H groups in total. The van der Waals surface area contributed by atoms with Crippen LogP contribution < -0.4 is 10.9 Å². The van der Waals surface area contributed by atoms with Crippen LogP contribution in [0.15, 0.2) is 51.0 Å². The van der Waals surface area contributed by atoms with Crippen molar-refractivity contribution in [3.05, 3.63) is 62.6 Å². The van der Waals surface area contributed by atoms with Gasteiger partial charge in [-0.3, -0.25) is 0 Å². The number of rotatable bonds is 4. The third-order valence-electron chi connectivity index (χ3n) is 3.38. The van der Waals surface area contributed by atoms with Crippen molar-refractivity contribution in [2.45, 2.75) is 19.5 Å². The van der Waals surface area contributed by atoms with Gasteiger partial charge in [-0.25, -0.2) is 4.79 Å². The molecule has 2 heterocycles. The number of phenolic OH excluding ortho intramolecular Hbond substituents is 1. The van der Waals surface area contributed by atoms with Crippen molar-refractivity contribution in [2.75, 3.05) is 0 Å². The molecule has 0 bridgehead atoms. The van der Waals surface area contributed by atoms with E-state index in [1.54, 1.807) is 23.5 Å². The molecular formula is C16H15NO3S. The lowest BCUT2D eigenvalue weighted by Crippen LogP contribution is -2.18. The van der Waals surface area contributed by atoms with Gasteiger partial charge in [-0.1, -0.05) is 6.07 Å². The van der Waals surface area contributed by atoms with Crippen LogP contribution in [-0.2, 0) is 6.54 Å². The Kier molecular flexibility index (Phi) is 3.77. The molecule has 1 aromatic carbocycles. The van der Waals surface area contributed by atoms with E-state index in [2.05, 4.69) is 18.3 Å². The second kappa shape index (κ2) is 5.71. The highest BCUT2D eigenvalue weighted by molar-refractivity contribution is 7.10. The van der Waals surface area contributed by atoms with Gasteiger partial charge in [0, 0.05) is 35.0 Å². The lowest BCUT2D eigenvalue weighted by atomic mass is 10.1. The first-order chi connectivity index (χ1) is 10.1. The van der Waals surface area contributed by atoms with E-state index in [1.807, 2.05) is 11.4 Å². The van der Waals surface area contributed by atoms with E-state index in [9.17, 15) is 9.90 Å². The molecule has 21 heavy (non-hydrogen) atoms. The normalized spacial score (nSPS) is 12.6. The monoisotopic (exact) mass is 301 g/mol. The molecule has 5 heteroatoms. The van der Waals surface area contributed by atoms with Crippen LogP contribution in [0, 0.1) is 0 Å². The van der Waals surface area contributed by atoms with E-state index in [0.717, 1.165) is 10.9 Å². The second-order valence-corrected chi connectivity index (χ2v) is 5.87. The smallest absolute Gasteiger partial charge is 0.336 e. The average Bonchev–Trinajstić information content (AvgIpc) is 2.97. The number of fused-ring (bicyclic) bond motifs is 1. The maximum absolute atomic E-state index is 11.6. The van der Waals surface area contributed by atoms with Crippen molar-refractivity contribution in [1.29, 1.82) is 0 Å². The van der Waals surface area contributed by atoms with E-state index < -0.39 is 5.63 Å². The summed E-state index contributed by atoms with van der Waals surface area (Å²) in [6, 6.07) is 10.6. The van der Waals surface area contributed by atoms with Crippen molar-refractivity contribution in [3.8, 4) is 5.75 Å². The van der Waals surface area contributed by atoms with E-state index in [1.165, 1.54) is 17.0 Å². The van der Waals surface area contributed by atoms with Crippen LogP contribution in [0.25, 0.3) is 11.0 Å². The van der Waals surface area contributed by atoms with Crippen molar-refractivity contribution >= 4 is 22.3 Å². The molecule has 0 radical (unpaired) electrons. The number of hydrogen-bond acceptors (Lipinski definition) is 5. The predicted octanol–water partition coefficient (Wildman–Crippen LogP) is 3.41. The van der Waals surface area contributed by atoms with Crippen LogP contribution in [0.4, 0.5) is 0 Å². The second-order valence-electron chi connectivity index (χ2n) is 4.89. The maximum atomic E-state index is 11.6. The molecule has 0 aliphatic rings. The number of benzene rings is 1. The van der Waals surface area contributed by atoms with Crippen LogP contribution in [-0.4, -0.2) is 5.11 Å². The standard InChI is InChI=1S/C16H15NO3S/c1-10(15-3-2-6-21-15)17-9-11-7-16(19)20-14-8-12(18)4-5-13(11)14/h2-8,10,17-18H,9H2,1H3/t10-/m0/s1. The van der Waals surface area contributed by atoms with Crippen molar-refractivity contribution in [1.82, 2.24) is 5.32 Å². The fraction of sp³-hybridized carbons (Fsp3) is 0.188. The van der Waals surface area contributed by atoms with Gasteiger partial charge < -0.3 is 14.8 Å². The first kappa shape index (κ1) is 13.9. The molecule has 0 aliphatic heterocycles. The zero-order valence-corrected chi connectivity index (χ0v) is 12.3. The highest BCUT2D eigenvalue weighted by atomic mass is 32.1. The molecule has 4 nitrogen and oxygen atoms in total. The third-order valence-corrected chi connectivity index (χ3v) is 4.44. The molecule has 0 amide bonds. The Morgan fingerprint density at radius 3 is 2.95 bits per heavy atom. The topological polar surface area (TPSA) is 62.5 Å². The van der Waals surface area contributed by atoms with Crippen molar-refractivity contribution in [3.63, 3.8) is 0 Å². The van der Waals surface area contributed by atoms with Crippen molar-refractivity contribution < 1.29 is 9.52 Å². The lowest BCUT2D eigenvalue weighted by Gasteiger charge is -2.13. The minimum absolute atomic E-state index is 0.0858. The van der Waals surface area contributed by atoms with Gasteiger partial charge in [0.15, 0.2) is 0 Å². The number of thiophene rings is 1. The zero-order valence-electron chi connectivity index (χ0n) is 11.5. The van der Waals surface area contributed by atoms with Gasteiger partial charge in [-0.05, 0) is 36.1 Å². The Bertz CT molecular complexity index is 808. The molecule has 0 spiro atoms. The zero-order chi connectivity index (χ0) is 14.8. The molecule has 108 valence electrons. The fourth-order valence-electron chi connectivity index (χ4n) is 2.27. The average molecular weight is 301 g/mol. The van der Waals surface area contributed by atoms with Crippen LogP contribution in [0.5, 0.6) is 5.75 Å². The number of aromatic hydroxyl groups is 1. The van der Waals surface area contributed by atoms with Gasteiger partial charge in [0.05, 0.1) is 0 Å². The minimum Gasteiger partial charge on any atom is -0.508 e. The highest BCUT2D eigenvalue weighted by Crippen LogP contribution is 2.23. The first-order valence-electron chi connectivity index (χ1n) is 6.66. The summed E-state index contributed by atoms with van der Waals surface area (Å²) < 4.78 is 5.12. The van der Waals surface area contributed by atoms with Crippen LogP contribution in [0.1, 0.15) is 23.4 Å². The van der Waals surface area contributed by atoms with Gasteiger partial charge >= 0.3 is 5.63 Å². The summed E-state index contributed by atoms with van der Waals surface area (Å²) in [6.07, 6.45) is 0. The Morgan fingerprint density at radius 2 is 2.19 bits per heavy atom. The molecule has 0 aliphatic carbocycles. The lowest BCUT2D eigenvalue weighted by molar-refractivity contribution is 0.473. The first-order valence-corrected chi connectivity index (χ1v) is 7.54. The molecule has 2 aromatic heterocycles. The molecule has 0 saturated heterocycles. The van der Waals surface area contributed by atoms with Gasteiger partial charge in [0.2, 0.25) is 0 Å². The third kappa shape index (κ3) is 2.99. The molecular weight excluding hydrogens is 286 g/mol. The summed E-state index contributed by atoms with van der Waals surface area (Å²) in [4.78, 5) is 12.9. The largest absolute Gasteiger partial charge is 0.508 e. The highest BCUT2D eigenvalue weighted by Gasteiger charge is 2.09. The Hall–Kier alpha value is -2.11. The van der Waals surface area contributed by atoms with Crippen LogP contribution in [0.2, 0.25) is 0 Å². The summed E-state index contributed by atoms with van der Waals surface area (Å²) in [7, 11) is 0. The van der Waals surface area contributed by atoms with Gasteiger partial charge in [-0.15, -0.1) is 11.3 Å². The molecule has 0 fully saturated rings. The molecule has 1 atom stereocenters. The summed E-state index contributed by atoms with van der Waals surface area (Å²) in [5.74, 6) is 0.0858. The van der Waals surface area contributed by atoms with Gasteiger partial charge in [0.25, 0.3) is 0 Å².